The number of aryl methyl sites for hydroxylation is 1. The van der Waals surface area contributed by atoms with Crippen LogP contribution in [0.5, 0.6) is 0 Å². The number of hydrogen-bond donors (Lipinski definition) is 1. The second kappa shape index (κ2) is 7.67. The predicted molar refractivity (Wildman–Crippen MR) is 79.2 cm³/mol. The van der Waals surface area contributed by atoms with Crippen molar-refractivity contribution in [2.75, 3.05) is 26.8 Å². The lowest BCUT2D eigenvalue weighted by Crippen LogP contribution is -2.48. The minimum absolute atomic E-state index is 0.0616. The largest absolute Gasteiger partial charge is 0.385 e. The van der Waals surface area contributed by atoms with Crippen LogP contribution in [0.2, 0.25) is 0 Å². The Bertz CT molecular complexity index is 513. The minimum atomic E-state index is -2.66. The fourth-order valence-corrected chi connectivity index (χ4v) is 2.53. The molecule has 2 heterocycles. The van der Waals surface area contributed by atoms with E-state index in [0.29, 0.717) is 19.0 Å². The van der Waals surface area contributed by atoms with Crippen molar-refractivity contribution >= 4 is 6.03 Å². The first kappa shape index (κ1) is 17.6. The Balaban J connectivity index is 1.88. The molecule has 1 aliphatic rings. The summed E-state index contributed by atoms with van der Waals surface area (Å²) in [6, 6.07) is -0.700. The van der Waals surface area contributed by atoms with Crippen LogP contribution in [0.4, 0.5) is 13.6 Å². The molecule has 1 unspecified atom stereocenters. The van der Waals surface area contributed by atoms with Gasteiger partial charge in [0.25, 0.3) is 5.92 Å². The highest BCUT2D eigenvalue weighted by atomic mass is 19.3. The Morgan fingerprint density at radius 1 is 1.48 bits per heavy atom. The maximum absolute atomic E-state index is 13.1. The molecule has 2 rings (SSSR count). The van der Waals surface area contributed by atoms with Crippen LogP contribution in [-0.4, -0.2) is 58.4 Å². The monoisotopic (exact) mass is 331 g/mol. The zero-order valence-electron chi connectivity index (χ0n) is 13.5. The van der Waals surface area contributed by atoms with Gasteiger partial charge in [0.15, 0.2) is 5.82 Å². The average Bonchev–Trinajstić information content (AvgIpc) is 2.96. The van der Waals surface area contributed by atoms with Crippen molar-refractivity contribution in [1.29, 1.82) is 0 Å². The quantitative estimate of drug-likeness (QED) is 0.807. The van der Waals surface area contributed by atoms with Crippen LogP contribution in [0, 0.1) is 0 Å². The minimum Gasteiger partial charge on any atom is -0.385 e. The molecule has 1 fully saturated rings. The van der Waals surface area contributed by atoms with E-state index in [9.17, 15) is 13.6 Å². The van der Waals surface area contributed by atoms with Crippen molar-refractivity contribution < 1.29 is 18.3 Å². The van der Waals surface area contributed by atoms with Crippen molar-refractivity contribution in [3.05, 3.63) is 12.2 Å². The number of carbonyl (C=O) groups excluding carboxylic acids is 1. The Kier molecular flexibility index (Phi) is 5.86. The third-order valence-corrected chi connectivity index (χ3v) is 3.90. The number of halogens is 2. The van der Waals surface area contributed by atoms with Gasteiger partial charge in [-0.3, -0.25) is 0 Å². The van der Waals surface area contributed by atoms with Gasteiger partial charge < -0.3 is 19.5 Å². The Hall–Kier alpha value is -1.77. The zero-order valence-corrected chi connectivity index (χ0v) is 13.5. The van der Waals surface area contributed by atoms with E-state index in [4.69, 9.17) is 4.74 Å². The summed E-state index contributed by atoms with van der Waals surface area (Å²) < 4.78 is 33.1. The molecule has 0 bridgehead atoms. The highest BCUT2D eigenvalue weighted by molar-refractivity contribution is 5.74. The number of carbonyl (C=O) groups is 1. The predicted octanol–water partition coefficient (Wildman–Crippen LogP) is 1.82. The van der Waals surface area contributed by atoms with Gasteiger partial charge in [-0.05, 0) is 13.3 Å². The number of nitrogens with one attached hydrogen (secondary N) is 1. The molecule has 2 amide bonds. The number of urea groups is 1. The molecular weight excluding hydrogens is 308 g/mol. The van der Waals surface area contributed by atoms with Crippen molar-refractivity contribution in [2.45, 2.75) is 44.7 Å². The van der Waals surface area contributed by atoms with Crippen LogP contribution in [-0.2, 0) is 11.3 Å². The molecule has 9 heteroatoms. The molecule has 0 spiro atoms. The molecule has 1 N–H and O–H groups in total. The van der Waals surface area contributed by atoms with E-state index in [0.717, 1.165) is 6.42 Å². The highest BCUT2D eigenvalue weighted by Gasteiger charge is 2.35. The number of alkyl halides is 2. The summed E-state index contributed by atoms with van der Waals surface area (Å²) in [5, 5.41) is 10.7. The molecule has 1 aliphatic heterocycles. The number of aromatic nitrogens is 3. The van der Waals surface area contributed by atoms with Crippen LogP contribution in [0.15, 0.2) is 6.33 Å². The molecule has 0 saturated carbocycles. The van der Waals surface area contributed by atoms with Crippen molar-refractivity contribution in [1.82, 2.24) is 25.0 Å². The molecule has 1 saturated heterocycles. The van der Waals surface area contributed by atoms with E-state index in [-0.39, 0.29) is 38.0 Å². The van der Waals surface area contributed by atoms with Gasteiger partial charge in [0.05, 0.1) is 6.04 Å². The van der Waals surface area contributed by atoms with Crippen molar-refractivity contribution in [3.63, 3.8) is 0 Å². The fraction of sp³-hybridized carbons (Fsp3) is 0.786. The summed E-state index contributed by atoms with van der Waals surface area (Å²) in [6.07, 6.45) is 1.84. The summed E-state index contributed by atoms with van der Waals surface area (Å²) >= 11 is 0. The summed E-state index contributed by atoms with van der Waals surface area (Å²) in [6.45, 7) is 3.23. The summed E-state index contributed by atoms with van der Waals surface area (Å²) in [5.41, 5.74) is 0. The van der Waals surface area contributed by atoms with Crippen LogP contribution < -0.4 is 5.32 Å². The second-order valence-corrected chi connectivity index (χ2v) is 5.74. The second-order valence-electron chi connectivity index (χ2n) is 5.74. The number of likely N-dealkylation sites (tertiary alicyclic amines) is 1. The Morgan fingerprint density at radius 2 is 2.17 bits per heavy atom. The fourth-order valence-electron chi connectivity index (χ4n) is 2.53. The van der Waals surface area contributed by atoms with E-state index in [1.807, 2.05) is 4.57 Å². The van der Waals surface area contributed by atoms with Crippen molar-refractivity contribution in [3.8, 4) is 0 Å². The van der Waals surface area contributed by atoms with Crippen LogP contribution in [0.1, 0.15) is 38.1 Å². The maximum atomic E-state index is 13.1. The number of rotatable bonds is 6. The molecule has 1 aromatic heterocycles. The summed E-state index contributed by atoms with van der Waals surface area (Å²) in [5.74, 6) is -2.03. The standard InChI is InChI=1S/C14H23F2N5O2/c1-11(12-19-17-10-21(12)6-3-9-23-2)18-13(22)20-7-4-14(15,16)5-8-20/h10-11H,3-9H2,1-2H3,(H,18,22). The first-order valence-corrected chi connectivity index (χ1v) is 7.73. The van der Waals surface area contributed by atoms with Gasteiger partial charge in [-0.1, -0.05) is 0 Å². The molecule has 0 aliphatic carbocycles. The van der Waals surface area contributed by atoms with Crippen molar-refractivity contribution in [2.24, 2.45) is 0 Å². The van der Waals surface area contributed by atoms with Crippen LogP contribution in [0.3, 0.4) is 0 Å². The Labute approximate surface area is 134 Å². The number of nitrogens with zero attached hydrogens (tertiary/aromatic N) is 4. The van der Waals surface area contributed by atoms with E-state index < -0.39 is 5.92 Å². The third-order valence-electron chi connectivity index (χ3n) is 3.90. The molecule has 1 aromatic rings. The van der Waals surface area contributed by atoms with Gasteiger partial charge in [-0.2, -0.15) is 0 Å². The molecular formula is C14H23F2N5O2. The Morgan fingerprint density at radius 3 is 2.83 bits per heavy atom. The van der Waals surface area contributed by atoms with Crippen LogP contribution >= 0.6 is 0 Å². The lowest BCUT2D eigenvalue weighted by Gasteiger charge is -2.32. The highest BCUT2D eigenvalue weighted by Crippen LogP contribution is 2.27. The smallest absolute Gasteiger partial charge is 0.317 e. The summed E-state index contributed by atoms with van der Waals surface area (Å²) in [7, 11) is 1.64. The van der Waals surface area contributed by atoms with Gasteiger partial charge in [-0.25, -0.2) is 13.6 Å². The number of ether oxygens (including phenoxy) is 1. The first-order chi connectivity index (χ1) is 10.9. The van der Waals surface area contributed by atoms with Gasteiger partial charge in [0, 0.05) is 46.2 Å². The number of amides is 2. The number of piperidine rings is 1. The lowest BCUT2D eigenvalue weighted by atomic mass is 10.1. The normalized spacial score (nSPS) is 18.7. The maximum Gasteiger partial charge on any atom is 0.317 e. The molecule has 7 nitrogen and oxygen atoms in total. The van der Waals surface area contributed by atoms with Crippen LogP contribution in [0.25, 0.3) is 0 Å². The molecule has 0 aromatic carbocycles. The van der Waals surface area contributed by atoms with Gasteiger partial charge in [0.2, 0.25) is 0 Å². The van der Waals surface area contributed by atoms with E-state index >= 15 is 0 Å². The summed E-state index contributed by atoms with van der Waals surface area (Å²) in [4.78, 5) is 13.6. The topological polar surface area (TPSA) is 72.3 Å². The third kappa shape index (κ3) is 4.85. The van der Waals surface area contributed by atoms with Gasteiger partial charge in [0.1, 0.15) is 6.33 Å². The number of methoxy groups -OCH3 is 1. The van der Waals surface area contributed by atoms with E-state index in [2.05, 4.69) is 15.5 Å². The first-order valence-electron chi connectivity index (χ1n) is 7.73. The molecule has 0 radical (unpaired) electrons. The van der Waals surface area contributed by atoms with E-state index in [1.165, 1.54) is 4.90 Å². The SMILES string of the molecule is COCCCn1cnnc1C(C)NC(=O)N1CCC(F)(F)CC1. The molecule has 1 atom stereocenters. The lowest BCUT2D eigenvalue weighted by molar-refractivity contribution is -0.0470. The average molecular weight is 331 g/mol. The number of hydrogen-bond acceptors (Lipinski definition) is 4. The van der Waals surface area contributed by atoms with Gasteiger partial charge in [-0.15, -0.1) is 10.2 Å². The molecule has 130 valence electrons. The zero-order chi connectivity index (χ0) is 16.9. The van der Waals surface area contributed by atoms with Gasteiger partial charge >= 0.3 is 6.03 Å². The van der Waals surface area contributed by atoms with E-state index in [1.54, 1.807) is 20.4 Å². The molecule has 23 heavy (non-hydrogen) atoms.